The lowest BCUT2D eigenvalue weighted by atomic mass is 9.81. The Morgan fingerprint density at radius 3 is 1.69 bits per heavy atom. The third-order valence-electron chi connectivity index (χ3n) is 11.5. The maximum absolute atomic E-state index is 2.43. The summed E-state index contributed by atoms with van der Waals surface area (Å²) in [4.78, 5) is 2.40. The number of hydrogen-bond donors (Lipinski definition) is 0. The molecule has 0 fully saturated rings. The Kier molecular flexibility index (Phi) is 7.56. The van der Waals surface area contributed by atoms with Gasteiger partial charge in [-0.15, -0.1) is 0 Å². The number of para-hydroxylation sites is 1. The van der Waals surface area contributed by atoms with Crippen molar-refractivity contribution in [2.24, 2.45) is 0 Å². The quantitative estimate of drug-likeness (QED) is 0.168. The zero-order valence-corrected chi connectivity index (χ0v) is 30.5. The summed E-state index contributed by atoms with van der Waals surface area (Å²) in [6, 6.07) is 73.2. The van der Waals surface area contributed by atoms with Gasteiger partial charge in [0.05, 0.1) is 0 Å². The number of hydrogen-bond acceptors (Lipinski definition) is 1. The van der Waals surface area contributed by atoms with Crippen molar-refractivity contribution >= 4 is 38.6 Å². The van der Waals surface area contributed by atoms with Crippen molar-refractivity contribution in [1.29, 1.82) is 0 Å². The molecule has 54 heavy (non-hydrogen) atoms. The Balaban J connectivity index is 1.10. The number of benzene rings is 9. The molecule has 0 N–H and O–H groups in total. The van der Waals surface area contributed by atoms with Crippen molar-refractivity contribution in [2.45, 2.75) is 19.3 Å². The van der Waals surface area contributed by atoms with Gasteiger partial charge in [0.25, 0.3) is 0 Å². The van der Waals surface area contributed by atoms with Crippen LogP contribution >= 0.6 is 0 Å². The van der Waals surface area contributed by atoms with Crippen LogP contribution in [0.5, 0.6) is 0 Å². The van der Waals surface area contributed by atoms with Crippen LogP contribution < -0.4 is 4.90 Å². The van der Waals surface area contributed by atoms with E-state index < -0.39 is 0 Å². The van der Waals surface area contributed by atoms with Crippen molar-refractivity contribution in [2.75, 3.05) is 4.90 Å². The first-order valence-corrected chi connectivity index (χ1v) is 18.9. The van der Waals surface area contributed by atoms with Crippen LogP contribution in [-0.4, -0.2) is 0 Å². The molecule has 256 valence electrons. The highest BCUT2D eigenvalue weighted by Gasteiger charge is 2.37. The van der Waals surface area contributed by atoms with Crippen LogP contribution in [0.15, 0.2) is 200 Å². The molecule has 1 aliphatic rings. The van der Waals surface area contributed by atoms with Gasteiger partial charge in [0.1, 0.15) is 0 Å². The maximum atomic E-state index is 2.43. The number of nitrogens with zero attached hydrogens (tertiary/aromatic N) is 1. The molecule has 0 aliphatic heterocycles. The molecular formula is C53H39N. The second-order valence-electron chi connectivity index (χ2n) is 14.9. The molecule has 0 aromatic heterocycles. The van der Waals surface area contributed by atoms with Gasteiger partial charge in [0, 0.05) is 22.5 Å². The van der Waals surface area contributed by atoms with E-state index >= 15 is 0 Å². The summed E-state index contributed by atoms with van der Waals surface area (Å²) in [5.74, 6) is 0. The van der Waals surface area contributed by atoms with E-state index in [1.807, 2.05) is 0 Å². The lowest BCUT2D eigenvalue weighted by Gasteiger charge is -2.28. The lowest BCUT2D eigenvalue weighted by Crippen LogP contribution is -2.16. The van der Waals surface area contributed by atoms with Crippen molar-refractivity contribution in [3.05, 3.63) is 211 Å². The van der Waals surface area contributed by atoms with Crippen molar-refractivity contribution < 1.29 is 0 Å². The normalized spacial score (nSPS) is 12.8. The van der Waals surface area contributed by atoms with Gasteiger partial charge in [-0.05, 0) is 114 Å². The van der Waals surface area contributed by atoms with E-state index in [0.717, 1.165) is 17.1 Å². The maximum Gasteiger partial charge on any atom is 0.0465 e. The Hall–Kier alpha value is -6.70. The van der Waals surface area contributed by atoms with Crippen LogP contribution in [0.1, 0.15) is 25.0 Å². The summed E-state index contributed by atoms with van der Waals surface area (Å²) in [7, 11) is 0. The van der Waals surface area contributed by atoms with E-state index in [-0.39, 0.29) is 5.41 Å². The molecule has 0 unspecified atom stereocenters. The second-order valence-corrected chi connectivity index (χ2v) is 14.9. The van der Waals surface area contributed by atoms with E-state index in [0.29, 0.717) is 0 Å². The van der Waals surface area contributed by atoms with Crippen LogP contribution in [0.4, 0.5) is 17.1 Å². The SMILES string of the molecule is CC1(C)c2cc(N(c3ccccc3)c3ccc(-c4ccc5ccccc5c4-c4ccccc4)cc3)ccc2-c2c(-c3cccc4ccccc34)cccc21. The molecule has 10 rings (SSSR count). The molecule has 1 heteroatoms. The zero-order chi connectivity index (χ0) is 36.2. The van der Waals surface area contributed by atoms with Gasteiger partial charge in [-0.1, -0.05) is 178 Å². The van der Waals surface area contributed by atoms with Crippen LogP contribution in [0, 0.1) is 0 Å². The minimum Gasteiger partial charge on any atom is -0.310 e. The molecule has 0 saturated heterocycles. The average molecular weight is 690 g/mol. The highest BCUT2D eigenvalue weighted by Crippen LogP contribution is 2.54. The molecule has 0 radical (unpaired) electrons. The molecular weight excluding hydrogens is 651 g/mol. The van der Waals surface area contributed by atoms with Crippen molar-refractivity contribution in [3.63, 3.8) is 0 Å². The topological polar surface area (TPSA) is 3.24 Å². The van der Waals surface area contributed by atoms with Crippen LogP contribution in [0.25, 0.3) is 66.1 Å². The number of rotatable bonds is 6. The standard InChI is InChI=1S/C53H39N/c1-53(2)49-26-14-25-47(46-24-13-19-36-15-9-11-22-43(36)46)52(49)48-34-32-42(35-50(48)53)54(40-20-7-4-8-21-40)41-30-27-38(28-31-41)45-33-29-37-16-10-12-23-44(37)51(45)39-17-5-3-6-18-39/h3-35H,1-2H3. The van der Waals surface area contributed by atoms with Gasteiger partial charge >= 0.3 is 0 Å². The first-order valence-electron chi connectivity index (χ1n) is 18.9. The monoisotopic (exact) mass is 689 g/mol. The molecule has 0 spiro atoms. The Labute approximate surface area is 317 Å². The fourth-order valence-corrected chi connectivity index (χ4v) is 8.84. The largest absolute Gasteiger partial charge is 0.310 e. The third-order valence-corrected chi connectivity index (χ3v) is 11.5. The zero-order valence-electron chi connectivity index (χ0n) is 30.5. The van der Waals surface area contributed by atoms with E-state index in [2.05, 4.69) is 219 Å². The lowest BCUT2D eigenvalue weighted by molar-refractivity contribution is 0.660. The van der Waals surface area contributed by atoms with Gasteiger partial charge in [0.2, 0.25) is 0 Å². The van der Waals surface area contributed by atoms with Crippen molar-refractivity contribution in [3.8, 4) is 44.5 Å². The first-order chi connectivity index (χ1) is 26.6. The molecule has 0 heterocycles. The van der Waals surface area contributed by atoms with Gasteiger partial charge in [-0.2, -0.15) is 0 Å². The van der Waals surface area contributed by atoms with E-state index in [1.165, 1.54) is 77.2 Å². The Morgan fingerprint density at radius 2 is 0.907 bits per heavy atom. The second kappa shape index (κ2) is 12.8. The summed E-state index contributed by atoms with van der Waals surface area (Å²) in [6.07, 6.45) is 0. The summed E-state index contributed by atoms with van der Waals surface area (Å²) < 4.78 is 0. The van der Waals surface area contributed by atoms with Gasteiger partial charge in [-0.25, -0.2) is 0 Å². The van der Waals surface area contributed by atoms with Crippen molar-refractivity contribution in [1.82, 2.24) is 0 Å². The fraction of sp³-hybridized carbons (Fsp3) is 0.0566. The van der Waals surface area contributed by atoms with Gasteiger partial charge in [-0.3, -0.25) is 0 Å². The number of fused-ring (bicyclic) bond motifs is 5. The van der Waals surface area contributed by atoms with Crippen LogP contribution in [0.3, 0.4) is 0 Å². The molecule has 0 saturated carbocycles. The molecule has 1 aliphatic carbocycles. The minimum absolute atomic E-state index is 0.169. The summed E-state index contributed by atoms with van der Waals surface area (Å²) in [6.45, 7) is 4.76. The highest BCUT2D eigenvalue weighted by molar-refractivity contribution is 6.05. The fourth-order valence-electron chi connectivity index (χ4n) is 8.84. The smallest absolute Gasteiger partial charge is 0.0465 e. The first kappa shape index (κ1) is 32.0. The molecule has 0 bridgehead atoms. The van der Waals surface area contributed by atoms with E-state index in [9.17, 15) is 0 Å². The number of anilines is 3. The predicted molar refractivity (Wildman–Crippen MR) is 230 cm³/mol. The minimum atomic E-state index is -0.169. The summed E-state index contributed by atoms with van der Waals surface area (Å²) in [5, 5.41) is 5.07. The van der Waals surface area contributed by atoms with Crippen LogP contribution in [0.2, 0.25) is 0 Å². The average Bonchev–Trinajstić information content (AvgIpc) is 3.47. The predicted octanol–water partition coefficient (Wildman–Crippen LogP) is 14.8. The van der Waals surface area contributed by atoms with Gasteiger partial charge < -0.3 is 4.90 Å². The van der Waals surface area contributed by atoms with E-state index in [4.69, 9.17) is 0 Å². The summed E-state index contributed by atoms with van der Waals surface area (Å²) in [5.41, 5.74) is 16.1. The highest BCUT2D eigenvalue weighted by atomic mass is 15.1. The Bertz CT molecular complexity index is 2830. The van der Waals surface area contributed by atoms with Crippen LogP contribution in [-0.2, 0) is 5.41 Å². The molecule has 9 aromatic carbocycles. The molecule has 0 amide bonds. The Morgan fingerprint density at radius 1 is 0.333 bits per heavy atom. The third kappa shape index (κ3) is 5.16. The summed E-state index contributed by atoms with van der Waals surface area (Å²) >= 11 is 0. The van der Waals surface area contributed by atoms with E-state index in [1.54, 1.807) is 0 Å². The molecule has 0 atom stereocenters. The molecule has 9 aromatic rings. The molecule has 1 nitrogen and oxygen atoms in total. The van der Waals surface area contributed by atoms with Gasteiger partial charge in [0.15, 0.2) is 0 Å².